The highest BCUT2D eigenvalue weighted by atomic mass is 35.5. The SMILES string of the molecule is CC(C)(C)Cn1cc(C(NS(=O)(=O)C2CC2)C(F)F)c2cc(F)c(-c3cc(Cl)cnc3C(F)(F)F)cc21. The highest BCUT2D eigenvalue weighted by Gasteiger charge is 2.40. The van der Waals surface area contributed by atoms with Crippen LogP contribution in [0.2, 0.25) is 5.02 Å². The van der Waals surface area contributed by atoms with Gasteiger partial charge in [-0.3, -0.25) is 0 Å². The van der Waals surface area contributed by atoms with Crippen LogP contribution in [0.4, 0.5) is 26.3 Å². The van der Waals surface area contributed by atoms with Crippen molar-refractivity contribution < 1.29 is 34.8 Å². The van der Waals surface area contributed by atoms with Crippen LogP contribution in [0.15, 0.2) is 30.6 Å². The Labute approximate surface area is 214 Å². The number of sulfonamides is 1. The Morgan fingerprint density at radius 1 is 1.14 bits per heavy atom. The topological polar surface area (TPSA) is 64.0 Å². The molecule has 37 heavy (non-hydrogen) atoms. The summed E-state index contributed by atoms with van der Waals surface area (Å²) >= 11 is 5.87. The zero-order chi connectivity index (χ0) is 27.5. The minimum atomic E-state index is -4.91. The van der Waals surface area contributed by atoms with Gasteiger partial charge in [0.15, 0.2) is 5.69 Å². The molecule has 1 aliphatic carbocycles. The van der Waals surface area contributed by atoms with Crippen LogP contribution >= 0.6 is 11.6 Å². The highest BCUT2D eigenvalue weighted by Crippen LogP contribution is 2.41. The maximum Gasteiger partial charge on any atom is 0.433 e. The lowest BCUT2D eigenvalue weighted by atomic mass is 9.96. The molecule has 0 saturated heterocycles. The second-order valence-electron chi connectivity index (χ2n) is 10.3. The van der Waals surface area contributed by atoms with Crippen LogP contribution in [-0.2, 0) is 22.7 Å². The molecule has 0 amide bonds. The molecule has 202 valence electrons. The molecular weight excluding hydrogens is 544 g/mol. The Hall–Kier alpha value is -2.31. The summed E-state index contributed by atoms with van der Waals surface area (Å²) in [7, 11) is -4.04. The fourth-order valence-electron chi connectivity index (χ4n) is 4.21. The molecule has 0 aliphatic heterocycles. The van der Waals surface area contributed by atoms with Gasteiger partial charge in [0.25, 0.3) is 6.43 Å². The zero-order valence-electron chi connectivity index (χ0n) is 20.0. The van der Waals surface area contributed by atoms with E-state index in [0.717, 1.165) is 24.4 Å². The second-order valence-corrected chi connectivity index (χ2v) is 12.8. The van der Waals surface area contributed by atoms with Gasteiger partial charge in [-0.25, -0.2) is 31.3 Å². The molecule has 1 aliphatic rings. The smallest absolute Gasteiger partial charge is 0.347 e. The number of rotatable bonds is 7. The van der Waals surface area contributed by atoms with Crippen molar-refractivity contribution in [1.29, 1.82) is 0 Å². The molecule has 3 aromatic rings. The standard InChI is InChI=1S/C24H24ClF6N3O2S/c1-23(2,3)11-34-10-17(20(22(27)28)33-37(35,36)13-4-5-13)15-7-18(26)14(8-19(15)34)16-6-12(25)9-32-21(16)24(29,30)31/h6-10,13,20,22,33H,4-5,11H2,1-3H3. The molecular formula is C24H24ClF6N3O2S. The Morgan fingerprint density at radius 2 is 1.78 bits per heavy atom. The van der Waals surface area contributed by atoms with Gasteiger partial charge in [-0.1, -0.05) is 32.4 Å². The third-order valence-electron chi connectivity index (χ3n) is 5.90. The van der Waals surface area contributed by atoms with Gasteiger partial charge in [0.05, 0.1) is 10.3 Å². The number of fused-ring (bicyclic) bond motifs is 1. The van der Waals surface area contributed by atoms with Crippen molar-refractivity contribution in [3.05, 3.63) is 52.7 Å². The summed E-state index contributed by atoms with van der Waals surface area (Å²) in [5.74, 6) is -1.13. The quantitative estimate of drug-likeness (QED) is 0.314. The molecule has 13 heteroatoms. The number of nitrogens with one attached hydrogen (secondary N) is 1. The molecule has 1 saturated carbocycles. The Kier molecular flexibility index (Phi) is 7.09. The van der Waals surface area contributed by atoms with Gasteiger partial charge in [-0.05, 0) is 36.5 Å². The molecule has 0 radical (unpaired) electrons. The van der Waals surface area contributed by atoms with Crippen LogP contribution in [0.5, 0.6) is 0 Å². The van der Waals surface area contributed by atoms with Crippen LogP contribution in [0, 0.1) is 11.2 Å². The molecule has 4 rings (SSSR count). The molecule has 2 aromatic heterocycles. The van der Waals surface area contributed by atoms with Gasteiger partial charge >= 0.3 is 6.18 Å². The Balaban J connectivity index is 1.96. The number of benzene rings is 1. The fraction of sp³-hybridized carbons (Fsp3) is 0.458. The molecule has 1 unspecified atom stereocenters. The van der Waals surface area contributed by atoms with Crippen LogP contribution in [0.25, 0.3) is 22.0 Å². The third-order valence-corrected chi connectivity index (χ3v) is 8.04. The third kappa shape index (κ3) is 5.91. The lowest BCUT2D eigenvalue weighted by molar-refractivity contribution is -0.140. The largest absolute Gasteiger partial charge is 0.433 e. The van der Waals surface area contributed by atoms with E-state index >= 15 is 4.39 Å². The average molecular weight is 568 g/mol. The Bertz CT molecular complexity index is 1440. The van der Waals surface area contributed by atoms with Gasteiger partial charge in [-0.15, -0.1) is 0 Å². The van der Waals surface area contributed by atoms with Crippen LogP contribution in [0.1, 0.15) is 50.9 Å². The zero-order valence-corrected chi connectivity index (χ0v) is 21.6. The minimum absolute atomic E-state index is 0.0437. The number of halogens is 7. The summed E-state index contributed by atoms with van der Waals surface area (Å²) in [6.07, 6.45) is -5.29. The summed E-state index contributed by atoms with van der Waals surface area (Å²) in [6.45, 7) is 5.78. The predicted molar refractivity (Wildman–Crippen MR) is 128 cm³/mol. The summed E-state index contributed by atoms with van der Waals surface area (Å²) in [6, 6.07) is 0.936. The van der Waals surface area contributed by atoms with Crippen LogP contribution < -0.4 is 4.72 Å². The maximum absolute atomic E-state index is 15.4. The first-order valence-corrected chi connectivity index (χ1v) is 13.2. The summed E-state index contributed by atoms with van der Waals surface area (Å²) in [5.41, 5.74) is -2.87. The van der Waals surface area contributed by atoms with E-state index in [1.807, 2.05) is 20.8 Å². The lowest BCUT2D eigenvalue weighted by Crippen LogP contribution is -2.35. The van der Waals surface area contributed by atoms with Crippen molar-refractivity contribution >= 4 is 32.5 Å². The molecule has 1 N–H and O–H groups in total. The molecule has 1 aromatic carbocycles. The molecule has 0 bridgehead atoms. The fourth-order valence-corrected chi connectivity index (χ4v) is 5.90. The molecule has 5 nitrogen and oxygen atoms in total. The van der Waals surface area contributed by atoms with Crippen LogP contribution in [-0.4, -0.2) is 29.6 Å². The van der Waals surface area contributed by atoms with Gasteiger partial charge in [0.2, 0.25) is 10.0 Å². The van der Waals surface area contributed by atoms with E-state index in [4.69, 9.17) is 11.6 Å². The second kappa shape index (κ2) is 9.46. The molecule has 0 spiro atoms. The summed E-state index contributed by atoms with van der Waals surface area (Å²) in [5, 5.41) is -0.963. The van der Waals surface area contributed by atoms with Gasteiger partial charge < -0.3 is 4.57 Å². The van der Waals surface area contributed by atoms with E-state index in [2.05, 4.69) is 9.71 Å². The predicted octanol–water partition coefficient (Wildman–Crippen LogP) is 6.95. The van der Waals surface area contributed by atoms with Gasteiger partial charge in [-0.2, -0.15) is 13.2 Å². The number of hydrogen-bond donors (Lipinski definition) is 1. The number of hydrogen-bond acceptors (Lipinski definition) is 3. The first-order chi connectivity index (χ1) is 17.0. The normalized spacial score (nSPS) is 16.1. The number of pyridine rings is 1. The molecule has 1 atom stereocenters. The maximum atomic E-state index is 15.4. The first-order valence-electron chi connectivity index (χ1n) is 11.3. The van der Waals surface area contributed by atoms with E-state index in [1.54, 1.807) is 0 Å². The van der Waals surface area contributed by atoms with Crippen molar-refractivity contribution in [3.63, 3.8) is 0 Å². The highest BCUT2D eigenvalue weighted by molar-refractivity contribution is 7.90. The summed E-state index contributed by atoms with van der Waals surface area (Å²) < 4.78 is 113. The first kappa shape index (κ1) is 27.7. The van der Waals surface area contributed by atoms with Gasteiger partial charge in [0, 0.05) is 46.5 Å². The average Bonchev–Trinajstić information content (AvgIpc) is 3.55. The van der Waals surface area contributed by atoms with E-state index in [-0.39, 0.29) is 28.0 Å². The number of alkyl halides is 5. The van der Waals surface area contributed by atoms with Crippen molar-refractivity contribution in [2.45, 2.75) is 64.1 Å². The van der Waals surface area contributed by atoms with E-state index < -0.39 is 62.0 Å². The monoisotopic (exact) mass is 567 g/mol. The van der Waals surface area contributed by atoms with E-state index in [1.165, 1.54) is 10.8 Å². The van der Waals surface area contributed by atoms with Crippen molar-refractivity contribution in [2.24, 2.45) is 5.41 Å². The lowest BCUT2D eigenvalue weighted by Gasteiger charge is -2.20. The molecule has 1 fully saturated rings. The Morgan fingerprint density at radius 3 is 2.32 bits per heavy atom. The number of nitrogens with zero attached hydrogens (tertiary/aromatic N) is 2. The van der Waals surface area contributed by atoms with Crippen molar-refractivity contribution in [1.82, 2.24) is 14.3 Å². The van der Waals surface area contributed by atoms with E-state index in [0.29, 0.717) is 12.8 Å². The van der Waals surface area contributed by atoms with Crippen molar-refractivity contribution in [3.8, 4) is 11.1 Å². The van der Waals surface area contributed by atoms with Crippen molar-refractivity contribution in [2.75, 3.05) is 0 Å². The minimum Gasteiger partial charge on any atom is -0.347 e. The van der Waals surface area contributed by atoms with E-state index in [9.17, 15) is 30.4 Å². The number of aromatic nitrogens is 2. The summed E-state index contributed by atoms with van der Waals surface area (Å²) in [4.78, 5) is 3.34. The molecule has 2 heterocycles. The van der Waals surface area contributed by atoms with Crippen LogP contribution in [0.3, 0.4) is 0 Å². The van der Waals surface area contributed by atoms with Gasteiger partial charge in [0.1, 0.15) is 11.9 Å².